The monoisotopic (exact) mass is 458 g/mol. The number of hydrogen-bond acceptors (Lipinski definition) is 6. The van der Waals surface area contributed by atoms with Crippen LogP contribution in [0.15, 0.2) is 65.0 Å². The van der Waals surface area contributed by atoms with Crippen LogP contribution in [0, 0.1) is 5.82 Å². The molecule has 0 amide bonds. The average molecular weight is 459 g/mol. The Morgan fingerprint density at radius 1 is 1.26 bits per heavy atom. The van der Waals surface area contributed by atoms with Gasteiger partial charge in [0.25, 0.3) is 0 Å². The minimum absolute atomic E-state index is 0.245. The average Bonchev–Trinajstić information content (AvgIpc) is 3.15. The lowest BCUT2D eigenvalue weighted by Crippen LogP contribution is -2.29. The maximum atomic E-state index is 13.5. The zero-order chi connectivity index (χ0) is 22.0. The summed E-state index contributed by atoms with van der Waals surface area (Å²) in [7, 11) is 0. The number of aromatic nitrogens is 3. The van der Waals surface area contributed by atoms with E-state index in [0.717, 1.165) is 5.56 Å². The van der Waals surface area contributed by atoms with Gasteiger partial charge >= 0.3 is 5.97 Å². The van der Waals surface area contributed by atoms with Gasteiger partial charge in [-0.2, -0.15) is 4.98 Å². The molecule has 0 spiro atoms. The Balaban J connectivity index is 1.70. The fraction of sp³-hybridized carbons (Fsp3) is 0.227. The Morgan fingerprint density at radius 3 is 2.71 bits per heavy atom. The second-order valence-electron chi connectivity index (χ2n) is 6.88. The topological polar surface area (TPSA) is 69.0 Å². The summed E-state index contributed by atoms with van der Waals surface area (Å²) in [6.07, 6.45) is 0. The highest BCUT2D eigenvalue weighted by Crippen LogP contribution is 2.37. The maximum Gasteiger partial charge on any atom is 0.338 e. The molecule has 0 fully saturated rings. The molecule has 31 heavy (non-hydrogen) atoms. The molecule has 0 saturated carbocycles. The van der Waals surface area contributed by atoms with Crippen molar-refractivity contribution in [3.05, 3.63) is 81.8 Å². The molecular formula is C22H20ClFN4O2S. The maximum absolute atomic E-state index is 13.5. The SMILES string of the molecule is CCOC(=O)C1=C(C)Nc2nc(SCc3ccccc3Cl)nn2[C@H]1c1ccc(F)cc1. The quantitative estimate of drug-likeness (QED) is 0.403. The van der Waals surface area contributed by atoms with Gasteiger partial charge in [0.15, 0.2) is 0 Å². The summed E-state index contributed by atoms with van der Waals surface area (Å²) in [6.45, 7) is 3.79. The number of halogens is 2. The number of nitrogens with zero attached hydrogens (tertiary/aromatic N) is 3. The number of esters is 1. The van der Waals surface area contributed by atoms with Crippen molar-refractivity contribution in [2.45, 2.75) is 30.8 Å². The summed E-state index contributed by atoms with van der Waals surface area (Å²) >= 11 is 7.69. The van der Waals surface area contributed by atoms with Crippen LogP contribution in [0.3, 0.4) is 0 Å². The van der Waals surface area contributed by atoms with Gasteiger partial charge < -0.3 is 10.1 Å². The van der Waals surface area contributed by atoms with Crippen molar-refractivity contribution < 1.29 is 13.9 Å². The van der Waals surface area contributed by atoms with Crippen LogP contribution in [-0.4, -0.2) is 27.3 Å². The minimum Gasteiger partial charge on any atom is -0.463 e. The van der Waals surface area contributed by atoms with Gasteiger partial charge in [0, 0.05) is 16.5 Å². The molecule has 2 heterocycles. The van der Waals surface area contributed by atoms with E-state index in [1.807, 2.05) is 24.3 Å². The van der Waals surface area contributed by atoms with E-state index in [4.69, 9.17) is 16.3 Å². The second-order valence-corrected chi connectivity index (χ2v) is 8.23. The highest BCUT2D eigenvalue weighted by molar-refractivity contribution is 7.98. The molecule has 4 rings (SSSR count). The Morgan fingerprint density at radius 2 is 2.00 bits per heavy atom. The van der Waals surface area contributed by atoms with Gasteiger partial charge in [-0.15, -0.1) is 5.10 Å². The van der Waals surface area contributed by atoms with E-state index in [9.17, 15) is 9.18 Å². The Labute approximate surface area is 188 Å². The number of anilines is 1. The molecule has 1 N–H and O–H groups in total. The van der Waals surface area contributed by atoms with E-state index >= 15 is 0 Å². The summed E-state index contributed by atoms with van der Waals surface area (Å²) in [5, 5.41) is 8.99. The van der Waals surface area contributed by atoms with Crippen LogP contribution in [-0.2, 0) is 15.3 Å². The van der Waals surface area contributed by atoms with Crippen LogP contribution < -0.4 is 5.32 Å². The number of rotatable bonds is 6. The molecule has 1 aliphatic rings. The third kappa shape index (κ3) is 4.45. The number of ether oxygens (including phenoxy) is 1. The third-order valence-corrected chi connectivity index (χ3v) is 6.08. The van der Waals surface area contributed by atoms with Crippen LogP contribution in [0.5, 0.6) is 0 Å². The first kappa shape index (κ1) is 21.4. The molecule has 160 valence electrons. The van der Waals surface area contributed by atoms with Crippen molar-refractivity contribution in [2.75, 3.05) is 11.9 Å². The van der Waals surface area contributed by atoms with Crippen LogP contribution in [0.2, 0.25) is 5.02 Å². The molecule has 1 atom stereocenters. The van der Waals surface area contributed by atoms with Gasteiger partial charge in [-0.1, -0.05) is 53.7 Å². The van der Waals surface area contributed by atoms with E-state index in [2.05, 4.69) is 15.4 Å². The summed E-state index contributed by atoms with van der Waals surface area (Å²) in [6, 6.07) is 13.0. The molecule has 0 bridgehead atoms. The highest BCUT2D eigenvalue weighted by Gasteiger charge is 2.35. The van der Waals surface area contributed by atoms with Crippen molar-refractivity contribution in [1.82, 2.24) is 14.8 Å². The van der Waals surface area contributed by atoms with Crippen molar-refractivity contribution in [2.24, 2.45) is 0 Å². The largest absolute Gasteiger partial charge is 0.463 e. The third-order valence-electron chi connectivity index (χ3n) is 4.83. The van der Waals surface area contributed by atoms with Crippen LogP contribution in [0.4, 0.5) is 10.3 Å². The number of hydrogen-bond donors (Lipinski definition) is 1. The molecular weight excluding hydrogens is 439 g/mol. The molecule has 9 heteroatoms. The highest BCUT2D eigenvalue weighted by atomic mass is 35.5. The molecule has 1 aromatic heterocycles. The normalized spacial score (nSPS) is 15.4. The standard InChI is InChI=1S/C22H20ClFN4O2S/c1-3-30-20(29)18-13(2)25-21-26-22(31-12-15-6-4-5-7-17(15)23)27-28(21)19(18)14-8-10-16(24)11-9-14/h4-11,19H,3,12H2,1-2H3,(H,25,26,27)/t19-/m0/s1. The summed E-state index contributed by atoms with van der Waals surface area (Å²) < 4.78 is 20.5. The minimum atomic E-state index is -0.585. The first-order valence-electron chi connectivity index (χ1n) is 9.71. The number of carbonyl (C=O) groups is 1. The Hall–Kier alpha value is -2.84. The fourth-order valence-electron chi connectivity index (χ4n) is 3.38. The number of nitrogens with one attached hydrogen (secondary N) is 1. The van der Waals surface area contributed by atoms with E-state index < -0.39 is 12.0 Å². The van der Waals surface area contributed by atoms with Crippen molar-refractivity contribution in [3.63, 3.8) is 0 Å². The molecule has 1 aliphatic heterocycles. The smallest absolute Gasteiger partial charge is 0.338 e. The number of thioether (sulfide) groups is 1. The Bertz CT molecular complexity index is 1150. The van der Waals surface area contributed by atoms with E-state index in [1.54, 1.807) is 30.7 Å². The van der Waals surface area contributed by atoms with Crippen molar-refractivity contribution in [3.8, 4) is 0 Å². The molecule has 3 aromatic rings. The predicted octanol–water partition coefficient (Wildman–Crippen LogP) is 5.21. The Kier molecular flexibility index (Phi) is 6.29. The zero-order valence-corrected chi connectivity index (χ0v) is 18.5. The summed E-state index contributed by atoms with van der Waals surface area (Å²) in [4.78, 5) is 17.3. The van der Waals surface area contributed by atoms with Gasteiger partial charge in [-0.3, -0.25) is 0 Å². The summed E-state index contributed by atoms with van der Waals surface area (Å²) in [5.74, 6) is 0.294. The van der Waals surface area contributed by atoms with Gasteiger partial charge in [0.05, 0.1) is 12.2 Å². The van der Waals surface area contributed by atoms with E-state index in [1.165, 1.54) is 23.9 Å². The summed E-state index contributed by atoms with van der Waals surface area (Å²) in [5.41, 5.74) is 2.72. The first-order chi connectivity index (χ1) is 15.0. The fourth-order valence-corrected chi connectivity index (χ4v) is 4.49. The molecule has 0 radical (unpaired) electrons. The molecule has 0 saturated heterocycles. The lowest BCUT2D eigenvalue weighted by atomic mass is 9.96. The zero-order valence-electron chi connectivity index (χ0n) is 16.9. The van der Waals surface area contributed by atoms with Crippen LogP contribution in [0.1, 0.15) is 31.0 Å². The first-order valence-corrected chi connectivity index (χ1v) is 11.1. The lowest BCUT2D eigenvalue weighted by molar-refractivity contribution is -0.139. The van der Waals surface area contributed by atoms with Crippen molar-refractivity contribution in [1.29, 1.82) is 0 Å². The van der Waals surface area contributed by atoms with Gasteiger partial charge in [-0.05, 0) is 43.2 Å². The molecule has 0 aliphatic carbocycles. The number of allylic oxidation sites excluding steroid dienone is 1. The van der Waals surface area contributed by atoms with E-state index in [0.29, 0.717) is 38.7 Å². The lowest BCUT2D eigenvalue weighted by Gasteiger charge is -2.28. The predicted molar refractivity (Wildman–Crippen MR) is 119 cm³/mol. The number of benzene rings is 2. The molecule has 0 unspecified atom stereocenters. The van der Waals surface area contributed by atoms with Crippen LogP contribution in [0.25, 0.3) is 0 Å². The second kappa shape index (κ2) is 9.11. The molecule has 6 nitrogen and oxygen atoms in total. The number of carbonyl (C=O) groups excluding carboxylic acids is 1. The van der Waals surface area contributed by atoms with Gasteiger partial charge in [0.1, 0.15) is 11.9 Å². The van der Waals surface area contributed by atoms with Gasteiger partial charge in [0.2, 0.25) is 11.1 Å². The van der Waals surface area contributed by atoms with Crippen LogP contribution >= 0.6 is 23.4 Å². The number of fused-ring (bicyclic) bond motifs is 1. The molecule has 2 aromatic carbocycles. The van der Waals surface area contributed by atoms with E-state index in [-0.39, 0.29) is 12.4 Å². The van der Waals surface area contributed by atoms with Gasteiger partial charge in [-0.25, -0.2) is 13.9 Å². The van der Waals surface area contributed by atoms with Crippen molar-refractivity contribution >= 4 is 35.3 Å².